The fourth-order valence-corrected chi connectivity index (χ4v) is 3.10. The number of amides is 1. The van der Waals surface area contributed by atoms with Gasteiger partial charge in [-0.05, 0) is 25.1 Å². The standard InChI is InChI=1S/C12H26N2O3Si/c1-8(15)11(9-7-10(16)14-13-9)17-18(5,6)12(2,3)4/h8-9,11,13,15H,7H2,1-6H3,(H,14,16)/t8-,9?,11+/m0/s1. The second-order valence-electron chi connectivity index (χ2n) is 6.59. The molecule has 0 radical (unpaired) electrons. The average Bonchev–Trinajstić information content (AvgIpc) is 2.59. The van der Waals surface area contributed by atoms with Crippen LogP contribution in [-0.2, 0) is 9.22 Å². The van der Waals surface area contributed by atoms with Crippen molar-refractivity contribution in [3.63, 3.8) is 0 Å². The van der Waals surface area contributed by atoms with E-state index in [4.69, 9.17) is 4.43 Å². The highest BCUT2D eigenvalue weighted by atomic mass is 28.4. The van der Waals surface area contributed by atoms with E-state index in [0.717, 1.165) is 0 Å². The normalized spacial score (nSPS) is 24.8. The van der Waals surface area contributed by atoms with Crippen LogP contribution in [0.2, 0.25) is 18.1 Å². The van der Waals surface area contributed by atoms with E-state index >= 15 is 0 Å². The lowest BCUT2D eigenvalue weighted by molar-refractivity contribution is -0.119. The number of aliphatic hydroxyl groups excluding tert-OH is 1. The summed E-state index contributed by atoms with van der Waals surface area (Å²) >= 11 is 0. The molecule has 1 aliphatic rings. The molecule has 0 bridgehead atoms. The van der Waals surface area contributed by atoms with Gasteiger partial charge >= 0.3 is 0 Å². The van der Waals surface area contributed by atoms with Gasteiger partial charge in [-0.2, -0.15) is 0 Å². The van der Waals surface area contributed by atoms with Gasteiger partial charge in [0, 0.05) is 6.42 Å². The summed E-state index contributed by atoms with van der Waals surface area (Å²) in [5.74, 6) is -0.0514. The minimum Gasteiger partial charge on any atom is -0.410 e. The van der Waals surface area contributed by atoms with E-state index in [1.807, 2.05) is 0 Å². The maximum atomic E-state index is 11.2. The largest absolute Gasteiger partial charge is 0.410 e. The van der Waals surface area contributed by atoms with E-state index in [1.54, 1.807) is 6.92 Å². The van der Waals surface area contributed by atoms with Crippen LogP contribution in [0.15, 0.2) is 0 Å². The summed E-state index contributed by atoms with van der Waals surface area (Å²) in [6.45, 7) is 12.5. The van der Waals surface area contributed by atoms with Crippen LogP contribution in [0.1, 0.15) is 34.1 Å². The Balaban J connectivity index is 2.78. The van der Waals surface area contributed by atoms with Crippen LogP contribution >= 0.6 is 0 Å². The summed E-state index contributed by atoms with van der Waals surface area (Å²) in [5.41, 5.74) is 5.46. The molecule has 1 saturated heterocycles. The predicted molar refractivity (Wildman–Crippen MR) is 73.4 cm³/mol. The van der Waals surface area contributed by atoms with Gasteiger partial charge < -0.3 is 9.53 Å². The van der Waals surface area contributed by atoms with Gasteiger partial charge in [0.25, 0.3) is 0 Å². The molecule has 0 spiro atoms. The SMILES string of the molecule is C[C@H](O)[C@@H](O[Si](C)(C)C(C)(C)C)C1CC(=O)NN1. The Morgan fingerprint density at radius 1 is 1.44 bits per heavy atom. The van der Waals surface area contributed by atoms with Gasteiger partial charge in [0.1, 0.15) is 0 Å². The number of rotatable bonds is 4. The summed E-state index contributed by atoms with van der Waals surface area (Å²) in [5, 5.41) is 9.99. The maximum absolute atomic E-state index is 11.2. The van der Waals surface area contributed by atoms with Gasteiger partial charge in [-0.15, -0.1) is 0 Å². The summed E-state index contributed by atoms with van der Waals surface area (Å²) in [6.07, 6.45) is -0.612. The van der Waals surface area contributed by atoms with E-state index < -0.39 is 14.4 Å². The van der Waals surface area contributed by atoms with E-state index in [-0.39, 0.29) is 23.1 Å². The summed E-state index contributed by atoms with van der Waals surface area (Å²) in [4.78, 5) is 11.2. The maximum Gasteiger partial charge on any atom is 0.235 e. The van der Waals surface area contributed by atoms with E-state index in [2.05, 4.69) is 44.7 Å². The third kappa shape index (κ3) is 3.54. The Bertz CT molecular complexity index is 313. The minimum absolute atomic E-state index is 0.0514. The molecular formula is C12H26N2O3Si. The highest BCUT2D eigenvalue weighted by Gasteiger charge is 2.43. The quantitative estimate of drug-likeness (QED) is 0.673. The van der Waals surface area contributed by atoms with E-state index in [0.29, 0.717) is 6.42 Å². The fraction of sp³-hybridized carbons (Fsp3) is 0.917. The van der Waals surface area contributed by atoms with Crippen molar-refractivity contribution in [3.05, 3.63) is 0 Å². The van der Waals surface area contributed by atoms with Gasteiger partial charge in [0.15, 0.2) is 8.32 Å². The van der Waals surface area contributed by atoms with Crippen LogP contribution in [0.4, 0.5) is 0 Å². The molecule has 106 valence electrons. The third-order valence-electron chi connectivity index (χ3n) is 3.91. The number of nitrogens with one attached hydrogen (secondary N) is 2. The lowest BCUT2D eigenvalue weighted by atomic mass is 10.1. The first-order valence-electron chi connectivity index (χ1n) is 6.45. The first-order valence-corrected chi connectivity index (χ1v) is 9.35. The Morgan fingerprint density at radius 2 is 2.00 bits per heavy atom. The summed E-state index contributed by atoms with van der Waals surface area (Å²) in [7, 11) is -1.96. The zero-order valence-electron chi connectivity index (χ0n) is 12.2. The number of hydrazine groups is 1. The van der Waals surface area contributed by atoms with Crippen LogP contribution in [0, 0.1) is 0 Å². The van der Waals surface area contributed by atoms with Crippen molar-refractivity contribution in [2.24, 2.45) is 0 Å². The number of aliphatic hydroxyl groups is 1. The van der Waals surface area contributed by atoms with E-state index in [9.17, 15) is 9.90 Å². The summed E-state index contributed by atoms with van der Waals surface area (Å²) in [6, 6.07) is -0.161. The zero-order chi connectivity index (χ0) is 14.1. The van der Waals surface area contributed by atoms with Crippen molar-refractivity contribution in [2.75, 3.05) is 0 Å². The van der Waals surface area contributed by atoms with Gasteiger partial charge in [0.05, 0.1) is 18.2 Å². The first-order chi connectivity index (χ1) is 8.04. The van der Waals surface area contributed by atoms with Crippen molar-refractivity contribution in [3.8, 4) is 0 Å². The number of hydrogen-bond donors (Lipinski definition) is 3. The van der Waals surface area contributed by atoms with E-state index in [1.165, 1.54) is 0 Å². The van der Waals surface area contributed by atoms with Crippen molar-refractivity contribution in [2.45, 2.75) is 70.5 Å². The molecule has 6 heteroatoms. The van der Waals surface area contributed by atoms with Crippen LogP contribution < -0.4 is 10.9 Å². The molecule has 1 aliphatic heterocycles. The van der Waals surface area contributed by atoms with Gasteiger partial charge in [-0.3, -0.25) is 10.2 Å². The molecule has 1 heterocycles. The van der Waals surface area contributed by atoms with Crippen LogP contribution in [0.5, 0.6) is 0 Å². The Kier molecular flexibility index (Phi) is 4.59. The molecule has 1 rings (SSSR count). The fourth-order valence-electron chi connectivity index (χ4n) is 1.71. The molecule has 1 amide bonds. The molecule has 18 heavy (non-hydrogen) atoms. The molecule has 0 aromatic rings. The molecule has 1 fully saturated rings. The Morgan fingerprint density at radius 3 is 2.33 bits per heavy atom. The molecule has 0 aromatic carbocycles. The smallest absolute Gasteiger partial charge is 0.235 e. The molecule has 0 aromatic heterocycles. The predicted octanol–water partition coefficient (Wildman–Crippen LogP) is 1.15. The molecule has 0 aliphatic carbocycles. The van der Waals surface area contributed by atoms with Crippen LogP contribution in [0.3, 0.4) is 0 Å². The molecule has 1 unspecified atom stereocenters. The van der Waals surface area contributed by atoms with Crippen molar-refractivity contribution >= 4 is 14.2 Å². The molecular weight excluding hydrogens is 248 g/mol. The zero-order valence-corrected chi connectivity index (χ0v) is 13.2. The van der Waals surface area contributed by atoms with Gasteiger partial charge in [-0.1, -0.05) is 20.8 Å². The minimum atomic E-state index is -1.96. The Hall–Kier alpha value is -0.433. The van der Waals surface area contributed by atoms with Gasteiger partial charge in [0.2, 0.25) is 5.91 Å². The van der Waals surface area contributed by atoms with Crippen molar-refractivity contribution in [1.82, 2.24) is 10.9 Å². The average molecular weight is 274 g/mol. The molecule has 5 nitrogen and oxygen atoms in total. The second kappa shape index (κ2) is 5.28. The van der Waals surface area contributed by atoms with Gasteiger partial charge in [-0.25, -0.2) is 5.43 Å². The number of carbonyl (C=O) groups is 1. The highest BCUT2D eigenvalue weighted by Crippen LogP contribution is 2.38. The molecule has 3 atom stereocenters. The molecule has 0 saturated carbocycles. The number of hydrogen-bond acceptors (Lipinski definition) is 4. The van der Waals surface area contributed by atoms with Crippen molar-refractivity contribution < 1.29 is 14.3 Å². The lowest BCUT2D eigenvalue weighted by Crippen LogP contribution is -2.53. The second-order valence-corrected chi connectivity index (χ2v) is 11.3. The monoisotopic (exact) mass is 274 g/mol. The Labute approximate surface area is 110 Å². The lowest BCUT2D eigenvalue weighted by Gasteiger charge is -2.41. The topological polar surface area (TPSA) is 70.6 Å². The van der Waals surface area contributed by atoms with Crippen molar-refractivity contribution in [1.29, 1.82) is 0 Å². The van der Waals surface area contributed by atoms with Crippen LogP contribution in [0.25, 0.3) is 0 Å². The molecule has 3 N–H and O–H groups in total. The first kappa shape index (κ1) is 15.6. The number of carbonyl (C=O) groups excluding carboxylic acids is 1. The highest BCUT2D eigenvalue weighted by molar-refractivity contribution is 6.74. The summed E-state index contributed by atoms with van der Waals surface area (Å²) < 4.78 is 6.23. The van der Waals surface area contributed by atoms with Crippen LogP contribution in [-0.4, -0.2) is 37.6 Å². The third-order valence-corrected chi connectivity index (χ3v) is 8.39.